The second-order valence-electron chi connectivity index (χ2n) is 7.22. The highest BCUT2D eigenvalue weighted by molar-refractivity contribution is 5.95. The molecule has 0 aliphatic rings. The standard InChI is InChI=1S/C24H26FN3O3/c1-31-23-11-5-3-8-17(23)15-28-24(30)18-9-6-12-27-21(18)14-22(29)20(26)13-16-7-2-4-10-19(16)25/h2-12,20,22,29H,13-15,26H2,1H3,(H,28,30)/t20-,22+/m1/s1. The molecule has 1 heterocycles. The summed E-state index contributed by atoms with van der Waals surface area (Å²) in [5.41, 5.74) is 8.16. The molecule has 0 saturated heterocycles. The molecule has 3 aromatic rings. The number of ether oxygens (including phenoxy) is 1. The minimum atomic E-state index is -0.990. The van der Waals surface area contributed by atoms with Crippen molar-refractivity contribution < 1.29 is 19.0 Å². The number of para-hydroxylation sites is 1. The van der Waals surface area contributed by atoms with Crippen molar-refractivity contribution in [1.29, 1.82) is 0 Å². The molecule has 0 spiro atoms. The minimum Gasteiger partial charge on any atom is -0.496 e. The highest BCUT2D eigenvalue weighted by atomic mass is 19.1. The number of carbonyl (C=O) groups excluding carboxylic acids is 1. The second-order valence-corrected chi connectivity index (χ2v) is 7.22. The molecule has 0 unspecified atom stereocenters. The summed E-state index contributed by atoms with van der Waals surface area (Å²) >= 11 is 0. The predicted molar refractivity (Wildman–Crippen MR) is 116 cm³/mol. The minimum absolute atomic E-state index is 0.0773. The molecule has 162 valence electrons. The van der Waals surface area contributed by atoms with Gasteiger partial charge in [-0.15, -0.1) is 0 Å². The highest BCUT2D eigenvalue weighted by Gasteiger charge is 2.21. The van der Waals surface area contributed by atoms with Crippen molar-refractivity contribution >= 4 is 5.91 Å². The SMILES string of the molecule is COc1ccccc1CNC(=O)c1cccnc1C[C@H](O)[C@H](N)Cc1ccccc1F. The molecule has 0 radical (unpaired) electrons. The number of nitrogens with one attached hydrogen (secondary N) is 1. The zero-order valence-corrected chi connectivity index (χ0v) is 17.3. The Kier molecular flexibility index (Phi) is 7.70. The molecule has 4 N–H and O–H groups in total. The molecule has 3 rings (SSSR count). The van der Waals surface area contributed by atoms with Gasteiger partial charge < -0.3 is 20.9 Å². The molecule has 6 nitrogen and oxygen atoms in total. The van der Waals surface area contributed by atoms with Gasteiger partial charge in [0.15, 0.2) is 0 Å². The zero-order valence-electron chi connectivity index (χ0n) is 17.3. The summed E-state index contributed by atoms with van der Waals surface area (Å²) in [5, 5.41) is 13.4. The second kappa shape index (κ2) is 10.7. The van der Waals surface area contributed by atoms with Crippen LogP contribution in [0, 0.1) is 5.82 Å². The van der Waals surface area contributed by atoms with Crippen molar-refractivity contribution in [3.05, 3.63) is 95.1 Å². The molecule has 1 aromatic heterocycles. The molecule has 0 fully saturated rings. The number of carbonyl (C=O) groups is 1. The Bertz CT molecular complexity index is 1030. The fourth-order valence-corrected chi connectivity index (χ4v) is 3.33. The molecular weight excluding hydrogens is 397 g/mol. The van der Waals surface area contributed by atoms with E-state index in [1.807, 2.05) is 24.3 Å². The maximum absolute atomic E-state index is 13.9. The molecule has 7 heteroatoms. The topological polar surface area (TPSA) is 97.5 Å². The highest BCUT2D eigenvalue weighted by Crippen LogP contribution is 2.18. The molecule has 0 bridgehead atoms. The number of rotatable bonds is 9. The number of nitrogens with two attached hydrogens (primary N) is 1. The van der Waals surface area contributed by atoms with E-state index in [1.165, 1.54) is 6.07 Å². The predicted octanol–water partition coefficient (Wildman–Crippen LogP) is 2.63. The largest absolute Gasteiger partial charge is 0.496 e. The normalized spacial score (nSPS) is 12.8. The lowest BCUT2D eigenvalue weighted by Crippen LogP contribution is -2.39. The molecule has 0 saturated carbocycles. The van der Waals surface area contributed by atoms with Gasteiger partial charge in [-0.25, -0.2) is 4.39 Å². The third-order valence-corrected chi connectivity index (χ3v) is 5.08. The Balaban J connectivity index is 1.66. The maximum Gasteiger partial charge on any atom is 0.253 e. The fraction of sp³-hybridized carbons (Fsp3) is 0.250. The van der Waals surface area contributed by atoms with E-state index in [0.29, 0.717) is 22.6 Å². The molecule has 0 aliphatic carbocycles. The summed E-state index contributed by atoms with van der Waals surface area (Å²) in [6.07, 6.45) is 0.820. The number of hydrogen-bond acceptors (Lipinski definition) is 5. The van der Waals surface area contributed by atoms with Crippen molar-refractivity contribution in [2.45, 2.75) is 31.5 Å². The Morgan fingerprint density at radius 1 is 1.10 bits per heavy atom. The summed E-state index contributed by atoms with van der Waals surface area (Å²) in [6, 6.07) is 16.3. The van der Waals surface area contributed by atoms with Crippen LogP contribution in [0.4, 0.5) is 4.39 Å². The molecule has 0 aliphatic heterocycles. The number of halogens is 1. The molecule has 2 atom stereocenters. The van der Waals surface area contributed by atoms with Crippen molar-refractivity contribution in [3.8, 4) is 5.75 Å². The average Bonchev–Trinajstić information content (AvgIpc) is 2.79. The van der Waals surface area contributed by atoms with E-state index in [0.717, 1.165) is 5.56 Å². The first-order chi connectivity index (χ1) is 15.0. The van der Waals surface area contributed by atoms with Crippen LogP contribution in [-0.2, 0) is 19.4 Å². The Morgan fingerprint density at radius 3 is 2.55 bits per heavy atom. The van der Waals surface area contributed by atoms with Gasteiger partial charge in [0.25, 0.3) is 5.91 Å². The van der Waals surface area contributed by atoms with Crippen LogP contribution in [0.3, 0.4) is 0 Å². The monoisotopic (exact) mass is 423 g/mol. The van der Waals surface area contributed by atoms with Gasteiger partial charge in [0, 0.05) is 30.8 Å². The molecule has 31 heavy (non-hydrogen) atoms. The first-order valence-electron chi connectivity index (χ1n) is 10.0. The van der Waals surface area contributed by atoms with Crippen LogP contribution in [0.25, 0.3) is 0 Å². The first-order valence-corrected chi connectivity index (χ1v) is 10.0. The fourth-order valence-electron chi connectivity index (χ4n) is 3.33. The lowest BCUT2D eigenvalue weighted by Gasteiger charge is -2.20. The van der Waals surface area contributed by atoms with Crippen molar-refractivity contribution in [3.63, 3.8) is 0 Å². The summed E-state index contributed by atoms with van der Waals surface area (Å²) in [7, 11) is 1.58. The summed E-state index contributed by atoms with van der Waals surface area (Å²) < 4.78 is 19.2. The van der Waals surface area contributed by atoms with E-state index in [1.54, 1.807) is 43.6 Å². The van der Waals surface area contributed by atoms with Crippen molar-refractivity contribution in [2.24, 2.45) is 5.73 Å². The summed E-state index contributed by atoms with van der Waals surface area (Å²) in [6.45, 7) is 0.284. The van der Waals surface area contributed by atoms with Crippen LogP contribution in [0.2, 0.25) is 0 Å². The summed E-state index contributed by atoms with van der Waals surface area (Å²) in [4.78, 5) is 17.0. The van der Waals surface area contributed by atoms with E-state index >= 15 is 0 Å². The number of aliphatic hydroxyl groups is 1. The summed E-state index contributed by atoms with van der Waals surface area (Å²) in [5.74, 6) is 0.00650. The van der Waals surface area contributed by atoms with Gasteiger partial charge in [-0.3, -0.25) is 9.78 Å². The third-order valence-electron chi connectivity index (χ3n) is 5.08. The van der Waals surface area contributed by atoms with Gasteiger partial charge >= 0.3 is 0 Å². The maximum atomic E-state index is 13.9. The number of methoxy groups -OCH3 is 1. The van der Waals surface area contributed by atoms with Crippen LogP contribution in [0.15, 0.2) is 66.9 Å². The number of amides is 1. The molecular formula is C24H26FN3O3. The van der Waals surface area contributed by atoms with Crippen LogP contribution in [0.1, 0.15) is 27.2 Å². The van der Waals surface area contributed by atoms with Crippen LogP contribution < -0.4 is 15.8 Å². The number of aromatic nitrogens is 1. The van der Waals surface area contributed by atoms with Crippen molar-refractivity contribution in [1.82, 2.24) is 10.3 Å². The first kappa shape index (κ1) is 22.4. The van der Waals surface area contributed by atoms with E-state index in [2.05, 4.69) is 10.3 Å². The number of pyridine rings is 1. The van der Waals surface area contributed by atoms with Crippen LogP contribution in [0.5, 0.6) is 5.75 Å². The van der Waals surface area contributed by atoms with Gasteiger partial charge in [-0.2, -0.15) is 0 Å². The van der Waals surface area contributed by atoms with Gasteiger partial charge in [-0.05, 0) is 36.2 Å². The Labute approximate surface area is 180 Å². The molecule has 1 amide bonds. The lowest BCUT2D eigenvalue weighted by molar-refractivity contribution is 0.0947. The van der Waals surface area contributed by atoms with Crippen LogP contribution in [-0.4, -0.2) is 35.3 Å². The number of benzene rings is 2. The Morgan fingerprint density at radius 2 is 1.81 bits per heavy atom. The smallest absolute Gasteiger partial charge is 0.253 e. The van der Waals surface area contributed by atoms with E-state index in [-0.39, 0.29) is 31.1 Å². The zero-order chi connectivity index (χ0) is 22.2. The number of nitrogens with zero attached hydrogens (tertiary/aromatic N) is 1. The van der Waals surface area contributed by atoms with E-state index < -0.39 is 12.1 Å². The van der Waals surface area contributed by atoms with Crippen molar-refractivity contribution in [2.75, 3.05) is 7.11 Å². The molecule has 2 aromatic carbocycles. The third kappa shape index (κ3) is 5.87. The van der Waals surface area contributed by atoms with Gasteiger partial charge in [0.1, 0.15) is 11.6 Å². The quantitative estimate of drug-likeness (QED) is 0.492. The number of hydrogen-bond donors (Lipinski definition) is 3. The Hall–Kier alpha value is -3.29. The van der Waals surface area contributed by atoms with E-state index in [4.69, 9.17) is 10.5 Å². The van der Waals surface area contributed by atoms with E-state index in [9.17, 15) is 14.3 Å². The lowest BCUT2D eigenvalue weighted by atomic mass is 9.97. The van der Waals surface area contributed by atoms with Gasteiger partial charge in [-0.1, -0.05) is 36.4 Å². The average molecular weight is 423 g/mol. The number of aliphatic hydroxyl groups excluding tert-OH is 1. The van der Waals surface area contributed by atoms with Crippen LogP contribution >= 0.6 is 0 Å². The van der Waals surface area contributed by atoms with Gasteiger partial charge in [0.05, 0.1) is 24.5 Å². The van der Waals surface area contributed by atoms with Gasteiger partial charge in [0.2, 0.25) is 0 Å².